The Morgan fingerprint density at radius 1 is 1.00 bits per heavy atom. The number of benzene rings is 1. The van der Waals surface area contributed by atoms with Crippen LogP contribution >= 0.6 is 0 Å². The fourth-order valence-corrected chi connectivity index (χ4v) is 4.86. The molecule has 0 unspecified atom stereocenters. The van der Waals surface area contributed by atoms with E-state index in [0.29, 0.717) is 23.2 Å². The monoisotopic (exact) mass is 477 g/mol. The number of hydrogen-bond acceptors (Lipinski definition) is 5. The van der Waals surface area contributed by atoms with Gasteiger partial charge >= 0.3 is 0 Å². The van der Waals surface area contributed by atoms with Crippen LogP contribution in [0.5, 0.6) is 0 Å². The maximum atomic E-state index is 14.5. The number of piperazine rings is 1. The molecule has 1 N–H and O–H groups in total. The average molecular weight is 478 g/mol. The number of amides is 1. The van der Waals surface area contributed by atoms with Gasteiger partial charge < -0.3 is 10.2 Å². The van der Waals surface area contributed by atoms with E-state index < -0.39 is 11.6 Å². The summed E-state index contributed by atoms with van der Waals surface area (Å²) in [6.07, 6.45) is 2.22. The zero-order chi connectivity index (χ0) is 24.7. The van der Waals surface area contributed by atoms with Crippen LogP contribution in [0.3, 0.4) is 0 Å². The third-order valence-electron chi connectivity index (χ3n) is 6.81. The van der Waals surface area contributed by atoms with E-state index in [9.17, 15) is 13.6 Å². The Balaban J connectivity index is 1.40. The highest BCUT2D eigenvalue weighted by Crippen LogP contribution is 2.30. The number of anilines is 1. The molecule has 3 aromatic rings. The summed E-state index contributed by atoms with van der Waals surface area (Å²) in [4.78, 5) is 26.3. The van der Waals surface area contributed by atoms with E-state index >= 15 is 0 Å². The number of carbonyl (C=O) groups is 1. The van der Waals surface area contributed by atoms with Crippen LogP contribution in [0, 0.1) is 11.6 Å². The van der Waals surface area contributed by atoms with E-state index in [1.54, 1.807) is 6.07 Å². The summed E-state index contributed by atoms with van der Waals surface area (Å²) in [5, 5.41) is 2.77. The van der Waals surface area contributed by atoms with E-state index in [-0.39, 0.29) is 29.2 Å². The summed E-state index contributed by atoms with van der Waals surface area (Å²) in [5.74, 6) is -1.60. The second kappa shape index (κ2) is 9.00. The fraction of sp³-hybridized carbons (Fsp3) is 0.370. The first-order chi connectivity index (χ1) is 16.7. The highest BCUT2D eigenvalue weighted by Gasteiger charge is 2.28. The van der Waals surface area contributed by atoms with Gasteiger partial charge in [0.2, 0.25) is 0 Å². The molecule has 0 atom stereocenters. The molecule has 5 rings (SSSR count). The second-order valence-corrected chi connectivity index (χ2v) is 10.1. The van der Waals surface area contributed by atoms with Crippen molar-refractivity contribution in [2.24, 2.45) is 0 Å². The number of fused-ring (bicyclic) bond motifs is 1. The molecular formula is C27H29F2N5O. The minimum atomic E-state index is -0.685. The number of nitrogens with zero attached hydrogens (tertiary/aromatic N) is 4. The summed E-state index contributed by atoms with van der Waals surface area (Å²) >= 11 is 0. The van der Waals surface area contributed by atoms with Crippen LogP contribution in [-0.2, 0) is 13.0 Å². The summed E-state index contributed by atoms with van der Waals surface area (Å²) in [5.41, 5.74) is 3.61. The number of hydrogen-bond donors (Lipinski definition) is 1. The Kier molecular flexibility index (Phi) is 6.01. The predicted octanol–water partition coefficient (Wildman–Crippen LogP) is 4.18. The number of pyridine rings is 2. The second-order valence-electron chi connectivity index (χ2n) is 10.1. The van der Waals surface area contributed by atoms with Crippen molar-refractivity contribution in [3.05, 3.63) is 76.7 Å². The molecule has 1 fully saturated rings. The minimum Gasteiger partial charge on any atom is -0.368 e. The maximum Gasteiger partial charge on any atom is 0.253 e. The van der Waals surface area contributed by atoms with Crippen molar-refractivity contribution < 1.29 is 13.6 Å². The first-order valence-electron chi connectivity index (χ1n) is 11.9. The van der Waals surface area contributed by atoms with Crippen LogP contribution in [0.2, 0.25) is 0 Å². The molecule has 6 nitrogen and oxygen atoms in total. The first kappa shape index (κ1) is 23.4. The van der Waals surface area contributed by atoms with Crippen molar-refractivity contribution >= 4 is 11.6 Å². The lowest BCUT2D eigenvalue weighted by Crippen LogP contribution is -2.53. The van der Waals surface area contributed by atoms with Crippen molar-refractivity contribution in [2.75, 3.05) is 31.1 Å². The van der Waals surface area contributed by atoms with Crippen molar-refractivity contribution in [3.63, 3.8) is 0 Å². The molecule has 0 radical (unpaired) electrons. The third kappa shape index (κ3) is 4.62. The lowest BCUT2D eigenvalue weighted by molar-refractivity contribution is 0.0965. The van der Waals surface area contributed by atoms with Gasteiger partial charge in [-0.25, -0.2) is 13.8 Å². The topological polar surface area (TPSA) is 61.4 Å². The van der Waals surface area contributed by atoms with Crippen LogP contribution < -0.4 is 10.2 Å². The zero-order valence-corrected chi connectivity index (χ0v) is 20.2. The van der Waals surface area contributed by atoms with Gasteiger partial charge in [-0.05, 0) is 56.7 Å². The largest absolute Gasteiger partial charge is 0.368 e. The minimum absolute atomic E-state index is 0.162. The van der Waals surface area contributed by atoms with Crippen molar-refractivity contribution in [1.29, 1.82) is 0 Å². The van der Waals surface area contributed by atoms with Crippen molar-refractivity contribution in [3.8, 4) is 11.3 Å². The van der Waals surface area contributed by atoms with E-state index in [0.717, 1.165) is 37.6 Å². The van der Waals surface area contributed by atoms with Crippen LogP contribution in [-0.4, -0.2) is 52.5 Å². The Morgan fingerprint density at radius 3 is 2.34 bits per heavy atom. The average Bonchev–Trinajstić information content (AvgIpc) is 3.20. The molecule has 8 heteroatoms. The van der Waals surface area contributed by atoms with Crippen LogP contribution in [0.15, 0.2) is 42.6 Å². The number of rotatable bonds is 4. The van der Waals surface area contributed by atoms with Gasteiger partial charge in [-0.2, -0.15) is 0 Å². The number of carbonyl (C=O) groups excluding carboxylic acids is 1. The molecule has 0 bridgehead atoms. The molecule has 0 spiro atoms. The van der Waals surface area contributed by atoms with E-state index in [1.807, 2.05) is 18.3 Å². The summed E-state index contributed by atoms with van der Waals surface area (Å²) < 4.78 is 28.9. The molecule has 0 aliphatic carbocycles. The highest BCUT2D eigenvalue weighted by molar-refractivity contribution is 5.99. The number of halogens is 2. The predicted molar refractivity (Wildman–Crippen MR) is 131 cm³/mol. The SMILES string of the molecule is CC(C)(C)N1CCN(c2ccc(Cc3cc(-c4c(F)cccc4F)nc4c3C(=O)NC4)nc2)CC1. The van der Waals surface area contributed by atoms with Gasteiger partial charge in [0.05, 0.1) is 40.9 Å². The molecule has 1 amide bonds. The quantitative estimate of drug-likeness (QED) is 0.611. The van der Waals surface area contributed by atoms with Gasteiger partial charge in [0, 0.05) is 43.8 Å². The summed E-state index contributed by atoms with van der Waals surface area (Å²) in [6, 6.07) is 9.34. The summed E-state index contributed by atoms with van der Waals surface area (Å²) in [6.45, 7) is 10.8. The Bertz CT molecular complexity index is 1240. The molecule has 4 heterocycles. The van der Waals surface area contributed by atoms with E-state index in [1.165, 1.54) is 18.2 Å². The standard InChI is InChI=1S/C27H29F2N5O/c1-27(2,3)34-11-9-33(10-12-34)19-8-7-18(30-15-19)13-17-14-22(25-20(28)5-4-6-21(25)29)32-23-16-31-26(35)24(17)23/h4-8,14-15H,9-13,16H2,1-3H3,(H,31,35). The first-order valence-corrected chi connectivity index (χ1v) is 11.9. The normalized spacial score (nSPS) is 16.4. The lowest BCUT2D eigenvalue weighted by atomic mass is 9.98. The molecule has 35 heavy (non-hydrogen) atoms. The zero-order valence-electron chi connectivity index (χ0n) is 20.2. The highest BCUT2D eigenvalue weighted by atomic mass is 19.1. The molecular weight excluding hydrogens is 448 g/mol. The van der Waals surface area contributed by atoms with Gasteiger partial charge in [-0.3, -0.25) is 14.7 Å². The van der Waals surface area contributed by atoms with Gasteiger partial charge in [-0.15, -0.1) is 0 Å². The van der Waals surface area contributed by atoms with Crippen LogP contribution in [0.25, 0.3) is 11.3 Å². The van der Waals surface area contributed by atoms with Gasteiger partial charge in [-0.1, -0.05) is 6.07 Å². The molecule has 0 saturated carbocycles. The van der Waals surface area contributed by atoms with E-state index in [4.69, 9.17) is 0 Å². The van der Waals surface area contributed by atoms with Gasteiger partial charge in [0.25, 0.3) is 5.91 Å². The lowest BCUT2D eigenvalue weighted by Gasteiger charge is -2.43. The Hall–Kier alpha value is -3.39. The molecule has 1 aromatic carbocycles. The Morgan fingerprint density at radius 2 is 1.71 bits per heavy atom. The van der Waals surface area contributed by atoms with Gasteiger partial charge in [0.1, 0.15) is 11.6 Å². The molecule has 1 saturated heterocycles. The maximum absolute atomic E-state index is 14.5. The fourth-order valence-electron chi connectivity index (χ4n) is 4.86. The molecule has 2 aliphatic rings. The number of nitrogens with one attached hydrogen (secondary N) is 1. The molecule has 2 aromatic heterocycles. The molecule has 182 valence electrons. The smallest absolute Gasteiger partial charge is 0.253 e. The third-order valence-corrected chi connectivity index (χ3v) is 6.81. The van der Waals surface area contributed by atoms with Crippen molar-refractivity contribution in [1.82, 2.24) is 20.2 Å². The van der Waals surface area contributed by atoms with E-state index in [2.05, 4.69) is 45.9 Å². The van der Waals surface area contributed by atoms with Crippen LogP contribution in [0.4, 0.5) is 14.5 Å². The number of aromatic nitrogens is 2. The molecule has 2 aliphatic heterocycles. The van der Waals surface area contributed by atoms with Gasteiger partial charge in [0.15, 0.2) is 0 Å². The van der Waals surface area contributed by atoms with Crippen molar-refractivity contribution in [2.45, 2.75) is 39.3 Å². The van der Waals surface area contributed by atoms with Crippen LogP contribution in [0.1, 0.15) is 48.1 Å². The Labute approximate surface area is 204 Å². The summed E-state index contributed by atoms with van der Waals surface area (Å²) in [7, 11) is 0.